The first-order valence-electron chi connectivity index (χ1n) is 8.66. The van der Waals surface area contributed by atoms with Crippen molar-refractivity contribution in [3.8, 4) is 0 Å². The standard InChI is InChI=1S/C20H22O6S3/c1-13(2)19(21)25-7-5-15-9-17(27-11-15)29(23,24)18-10-16(12-28-18)6-8-26-20(22)14(3)4/h9-12H,1,3,5-8H2,2,4H3. The molecule has 2 heterocycles. The van der Waals surface area contributed by atoms with Crippen LogP contribution >= 0.6 is 22.7 Å². The average molecular weight is 455 g/mol. The van der Waals surface area contributed by atoms with Crippen LogP contribution in [0.2, 0.25) is 0 Å². The largest absolute Gasteiger partial charge is 0.462 e. The number of carbonyl (C=O) groups excluding carboxylic acids is 2. The lowest BCUT2D eigenvalue weighted by atomic mass is 10.2. The van der Waals surface area contributed by atoms with E-state index in [0.29, 0.717) is 24.0 Å². The lowest BCUT2D eigenvalue weighted by Gasteiger charge is -2.02. The van der Waals surface area contributed by atoms with Gasteiger partial charge in [0, 0.05) is 24.0 Å². The summed E-state index contributed by atoms with van der Waals surface area (Å²) in [7, 11) is -3.61. The van der Waals surface area contributed by atoms with Gasteiger partial charge in [0.05, 0.1) is 13.2 Å². The molecule has 0 amide bonds. The Bertz CT molecular complexity index is 950. The molecular weight excluding hydrogens is 432 g/mol. The van der Waals surface area contributed by atoms with Gasteiger partial charge < -0.3 is 9.47 Å². The van der Waals surface area contributed by atoms with E-state index in [9.17, 15) is 18.0 Å². The van der Waals surface area contributed by atoms with Gasteiger partial charge in [0.2, 0.25) is 9.84 Å². The Balaban J connectivity index is 1.97. The zero-order chi connectivity index (χ0) is 21.6. The molecule has 0 fully saturated rings. The van der Waals surface area contributed by atoms with E-state index in [1.165, 1.54) is 0 Å². The molecule has 6 nitrogen and oxygen atoms in total. The third-order valence-electron chi connectivity index (χ3n) is 3.73. The van der Waals surface area contributed by atoms with Crippen LogP contribution in [0, 0.1) is 0 Å². The SMILES string of the molecule is C=C(C)C(=O)OCCc1csc(S(=O)(=O)c2cc(CCOC(=O)C(=C)C)cs2)c1. The Labute approximate surface area is 178 Å². The van der Waals surface area contributed by atoms with Gasteiger partial charge in [-0.05, 0) is 47.9 Å². The molecule has 0 N–H and O–H groups in total. The molecule has 2 rings (SSSR count). The molecule has 2 aromatic rings. The lowest BCUT2D eigenvalue weighted by Crippen LogP contribution is -2.07. The maximum absolute atomic E-state index is 12.8. The third kappa shape index (κ3) is 6.38. The molecule has 0 aromatic carbocycles. The number of sulfone groups is 1. The van der Waals surface area contributed by atoms with Crippen LogP contribution in [0.1, 0.15) is 25.0 Å². The van der Waals surface area contributed by atoms with Crippen LogP contribution in [-0.2, 0) is 41.7 Å². The number of ether oxygens (including phenoxy) is 2. The Morgan fingerprint density at radius 2 is 1.24 bits per heavy atom. The average Bonchev–Trinajstić information content (AvgIpc) is 3.31. The van der Waals surface area contributed by atoms with E-state index in [1.54, 1.807) is 36.7 Å². The van der Waals surface area contributed by atoms with Crippen LogP contribution < -0.4 is 0 Å². The molecule has 9 heteroatoms. The summed E-state index contributed by atoms with van der Waals surface area (Å²) in [5.74, 6) is -0.929. The topological polar surface area (TPSA) is 86.7 Å². The van der Waals surface area contributed by atoms with Crippen molar-refractivity contribution in [3.63, 3.8) is 0 Å². The predicted molar refractivity (Wildman–Crippen MR) is 113 cm³/mol. The van der Waals surface area contributed by atoms with Gasteiger partial charge in [-0.15, -0.1) is 22.7 Å². The lowest BCUT2D eigenvalue weighted by molar-refractivity contribution is -0.139. The van der Waals surface area contributed by atoms with E-state index in [0.717, 1.165) is 33.8 Å². The van der Waals surface area contributed by atoms with Gasteiger partial charge >= 0.3 is 11.9 Å². The van der Waals surface area contributed by atoms with Crippen molar-refractivity contribution in [1.29, 1.82) is 0 Å². The summed E-state index contributed by atoms with van der Waals surface area (Å²) >= 11 is 2.26. The van der Waals surface area contributed by atoms with Gasteiger partial charge in [0.25, 0.3) is 0 Å². The normalized spacial score (nSPS) is 11.1. The number of esters is 2. The summed E-state index contributed by atoms with van der Waals surface area (Å²) in [5, 5.41) is 3.49. The smallest absolute Gasteiger partial charge is 0.333 e. The minimum atomic E-state index is -3.61. The molecular formula is C20H22O6S3. The van der Waals surface area contributed by atoms with Crippen molar-refractivity contribution < 1.29 is 27.5 Å². The number of hydrogen-bond donors (Lipinski definition) is 0. The zero-order valence-corrected chi connectivity index (χ0v) is 18.7. The summed E-state index contributed by atoms with van der Waals surface area (Å²) < 4.78 is 36.2. The van der Waals surface area contributed by atoms with E-state index >= 15 is 0 Å². The second-order valence-electron chi connectivity index (χ2n) is 6.38. The summed E-state index contributed by atoms with van der Waals surface area (Å²) in [6.07, 6.45) is 0.851. The quantitative estimate of drug-likeness (QED) is 0.399. The Morgan fingerprint density at radius 1 is 0.862 bits per heavy atom. The van der Waals surface area contributed by atoms with E-state index in [-0.39, 0.29) is 21.6 Å². The molecule has 29 heavy (non-hydrogen) atoms. The van der Waals surface area contributed by atoms with E-state index in [2.05, 4.69) is 13.2 Å². The highest BCUT2D eigenvalue weighted by molar-refractivity contribution is 7.95. The molecule has 0 aliphatic carbocycles. The highest BCUT2D eigenvalue weighted by Gasteiger charge is 2.22. The summed E-state index contributed by atoms with van der Waals surface area (Å²) in [6.45, 7) is 10.5. The summed E-state index contributed by atoms with van der Waals surface area (Å²) in [6, 6.07) is 3.20. The van der Waals surface area contributed by atoms with Gasteiger partial charge in [-0.3, -0.25) is 0 Å². The van der Waals surface area contributed by atoms with Gasteiger partial charge in [0.15, 0.2) is 0 Å². The fourth-order valence-corrected chi connectivity index (χ4v) is 6.28. The zero-order valence-electron chi connectivity index (χ0n) is 16.2. The Kier molecular flexibility index (Phi) is 7.95. The minimum absolute atomic E-state index is 0.161. The summed E-state index contributed by atoms with van der Waals surface area (Å²) in [4.78, 5) is 22.8. The predicted octanol–water partition coefficient (Wildman–Crippen LogP) is 3.97. The van der Waals surface area contributed by atoms with Gasteiger partial charge in [-0.2, -0.15) is 0 Å². The monoisotopic (exact) mass is 454 g/mol. The van der Waals surface area contributed by atoms with Gasteiger partial charge in [-0.1, -0.05) is 13.2 Å². The Hall–Kier alpha value is -2.23. The molecule has 0 saturated heterocycles. The molecule has 156 valence electrons. The van der Waals surface area contributed by atoms with Crippen molar-refractivity contribution in [3.05, 3.63) is 58.3 Å². The molecule has 0 bridgehead atoms. The third-order valence-corrected chi connectivity index (χ3v) is 8.46. The molecule has 0 radical (unpaired) electrons. The fourth-order valence-electron chi connectivity index (χ4n) is 2.12. The number of carbonyl (C=O) groups is 2. The first-order valence-corrected chi connectivity index (χ1v) is 11.9. The maximum Gasteiger partial charge on any atom is 0.333 e. The number of rotatable bonds is 10. The summed E-state index contributed by atoms with van der Waals surface area (Å²) in [5.41, 5.74) is 2.21. The molecule has 0 spiro atoms. The number of hydrogen-bond acceptors (Lipinski definition) is 8. The van der Waals surface area contributed by atoms with E-state index in [4.69, 9.17) is 9.47 Å². The van der Waals surface area contributed by atoms with Gasteiger partial charge in [-0.25, -0.2) is 18.0 Å². The minimum Gasteiger partial charge on any atom is -0.462 e. The molecule has 0 saturated carbocycles. The molecule has 0 unspecified atom stereocenters. The highest BCUT2D eigenvalue weighted by Crippen LogP contribution is 2.31. The van der Waals surface area contributed by atoms with Crippen molar-refractivity contribution in [1.82, 2.24) is 0 Å². The second-order valence-corrected chi connectivity index (χ2v) is 10.6. The Morgan fingerprint density at radius 3 is 1.59 bits per heavy atom. The second kappa shape index (κ2) is 10.00. The molecule has 0 atom stereocenters. The molecule has 2 aromatic heterocycles. The fraction of sp³-hybridized carbons (Fsp3) is 0.300. The van der Waals surface area contributed by atoms with E-state index in [1.807, 2.05) is 0 Å². The number of thiophene rings is 2. The van der Waals surface area contributed by atoms with Crippen molar-refractivity contribution in [2.75, 3.05) is 13.2 Å². The van der Waals surface area contributed by atoms with Crippen LogP contribution in [0.15, 0.2) is 55.6 Å². The van der Waals surface area contributed by atoms with Crippen molar-refractivity contribution in [2.24, 2.45) is 0 Å². The molecule has 0 aliphatic heterocycles. The van der Waals surface area contributed by atoms with Crippen LogP contribution in [0.5, 0.6) is 0 Å². The van der Waals surface area contributed by atoms with Crippen LogP contribution in [-0.4, -0.2) is 33.6 Å². The van der Waals surface area contributed by atoms with E-state index < -0.39 is 21.8 Å². The van der Waals surface area contributed by atoms with Crippen molar-refractivity contribution in [2.45, 2.75) is 35.1 Å². The first-order chi connectivity index (χ1) is 13.6. The highest BCUT2D eigenvalue weighted by atomic mass is 32.3. The maximum atomic E-state index is 12.8. The first kappa shape index (κ1) is 23.1. The molecule has 0 aliphatic rings. The van der Waals surface area contributed by atoms with Crippen molar-refractivity contribution >= 4 is 44.4 Å². The van der Waals surface area contributed by atoms with Gasteiger partial charge in [0.1, 0.15) is 8.42 Å². The van der Waals surface area contributed by atoms with Crippen LogP contribution in [0.25, 0.3) is 0 Å². The van der Waals surface area contributed by atoms with Crippen LogP contribution in [0.4, 0.5) is 0 Å². The van der Waals surface area contributed by atoms with Crippen LogP contribution in [0.3, 0.4) is 0 Å².